The fourth-order valence-electron chi connectivity index (χ4n) is 5.46. The molecule has 2 aliphatic heterocycles. The highest BCUT2D eigenvalue weighted by Crippen LogP contribution is 2.43. The number of ether oxygens (including phenoxy) is 2. The Morgan fingerprint density at radius 1 is 1.05 bits per heavy atom. The number of halogens is 1. The van der Waals surface area contributed by atoms with Crippen LogP contribution in [0, 0.1) is 0 Å². The summed E-state index contributed by atoms with van der Waals surface area (Å²) in [7, 11) is 0. The molecule has 0 spiro atoms. The number of likely N-dealkylation sites (N-methyl/N-ethyl adjacent to an activating group) is 1. The molecular weight excluding hydrogens is 530 g/mol. The highest BCUT2D eigenvalue weighted by atomic mass is 35.5. The summed E-state index contributed by atoms with van der Waals surface area (Å²) in [4.78, 5) is 43.7. The van der Waals surface area contributed by atoms with Gasteiger partial charge in [0.15, 0.2) is 6.10 Å². The summed E-state index contributed by atoms with van der Waals surface area (Å²) in [6.45, 7) is 6.80. The molecule has 3 amide bonds. The highest BCUT2D eigenvalue weighted by Gasteiger charge is 2.38. The number of carbonyl (C=O) groups excluding carboxylic acids is 3. The van der Waals surface area contributed by atoms with Gasteiger partial charge in [-0.1, -0.05) is 29.8 Å². The fourth-order valence-corrected chi connectivity index (χ4v) is 5.59. The standard InChI is InChI=1S/C31H32ClN3O5/c1-4-33-18-26(40-31(33)38)19-39-25-15-9-22(10-16-25)30(37)34-20(2)17-29(27-7-5-6-8-28(27)34)35(21(3)36)24-13-11-23(32)12-14-24/h5-16,20,26,29H,4,17-19H2,1-3H3/t20-,26?,29+/m0/s1. The molecule has 5 rings (SSSR count). The number of benzene rings is 3. The third-order valence-corrected chi connectivity index (χ3v) is 7.66. The molecule has 9 heteroatoms. The third kappa shape index (κ3) is 5.49. The molecule has 0 radical (unpaired) electrons. The van der Waals surface area contributed by atoms with Crippen LogP contribution in [0.1, 0.15) is 49.2 Å². The van der Waals surface area contributed by atoms with Crippen molar-refractivity contribution in [3.63, 3.8) is 0 Å². The van der Waals surface area contributed by atoms with Crippen LogP contribution in [0.3, 0.4) is 0 Å². The SMILES string of the molecule is CCN1CC(COc2ccc(C(=O)N3c4ccccc4[C@H](N(C(C)=O)c4ccc(Cl)cc4)C[C@@H]3C)cc2)OC1=O. The second-order valence-corrected chi connectivity index (χ2v) is 10.5. The molecule has 1 unspecified atom stereocenters. The van der Waals surface area contributed by atoms with Crippen LogP contribution in [0.2, 0.25) is 5.02 Å². The lowest BCUT2D eigenvalue weighted by atomic mass is 9.89. The van der Waals surface area contributed by atoms with Gasteiger partial charge in [-0.25, -0.2) is 4.79 Å². The minimum absolute atomic E-state index is 0.0838. The van der Waals surface area contributed by atoms with Crippen molar-refractivity contribution in [2.75, 3.05) is 29.5 Å². The van der Waals surface area contributed by atoms with Crippen molar-refractivity contribution >= 4 is 40.9 Å². The Morgan fingerprint density at radius 2 is 1.75 bits per heavy atom. The minimum Gasteiger partial charge on any atom is -0.490 e. The monoisotopic (exact) mass is 561 g/mol. The Bertz CT molecular complexity index is 1390. The quantitative estimate of drug-likeness (QED) is 0.349. The van der Waals surface area contributed by atoms with E-state index in [1.807, 2.05) is 50.2 Å². The number of rotatable bonds is 7. The number of hydrogen-bond acceptors (Lipinski definition) is 5. The predicted octanol–water partition coefficient (Wildman–Crippen LogP) is 6.09. The number of para-hydroxylation sites is 1. The van der Waals surface area contributed by atoms with Crippen LogP contribution < -0.4 is 14.5 Å². The summed E-state index contributed by atoms with van der Waals surface area (Å²) in [5.74, 6) is 0.378. The zero-order chi connectivity index (χ0) is 28.4. The van der Waals surface area contributed by atoms with Gasteiger partial charge in [0.2, 0.25) is 5.91 Å². The van der Waals surface area contributed by atoms with Gasteiger partial charge in [-0.3, -0.25) is 9.59 Å². The first-order chi connectivity index (χ1) is 19.3. The van der Waals surface area contributed by atoms with Crippen LogP contribution in [0.5, 0.6) is 5.75 Å². The highest BCUT2D eigenvalue weighted by molar-refractivity contribution is 6.30. The molecule has 3 atom stereocenters. The van der Waals surface area contributed by atoms with Crippen LogP contribution in [-0.4, -0.2) is 54.6 Å². The van der Waals surface area contributed by atoms with Gasteiger partial charge in [-0.2, -0.15) is 0 Å². The number of cyclic esters (lactones) is 1. The molecule has 40 heavy (non-hydrogen) atoms. The van der Waals surface area contributed by atoms with E-state index in [0.29, 0.717) is 35.8 Å². The van der Waals surface area contributed by atoms with Gasteiger partial charge < -0.3 is 24.2 Å². The molecule has 2 aliphatic rings. The molecule has 1 saturated heterocycles. The van der Waals surface area contributed by atoms with Crippen molar-refractivity contribution in [3.05, 3.63) is 88.9 Å². The van der Waals surface area contributed by atoms with Crippen LogP contribution in [0.4, 0.5) is 16.2 Å². The number of nitrogens with zero attached hydrogens (tertiary/aromatic N) is 3. The van der Waals surface area contributed by atoms with Crippen LogP contribution >= 0.6 is 11.6 Å². The van der Waals surface area contributed by atoms with E-state index in [-0.39, 0.29) is 42.7 Å². The molecule has 0 bridgehead atoms. The number of carbonyl (C=O) groups is 3. The average molecular weight is 562 g/mol. The second kappa shape index (κ2) is 11.6. The number of hydrogen-bond donors (Lipinski definition) is 0. The van der Waals surface area contributed by atoms with E-state index < -0.39 is 0 Å². The first-order valence-corrected chi connectivity index (χ1v) is 13.8. The van der Waals surface area contributed by atoms with Crippen molar-refractivity contribution < 1.29 is 23.9 Å². The smallest absolute Gasteiger partial charge is 0.410 e. The Morgan fingerprint density at radius 3 is 2.40 bits per heavy atom. The molecule has 3 aromatic rings. The fraction of sp³-hybridized carbons (Fsp3) is 0.323. The molecule has 3 aromatic carbocycles. The van der Waals surface area contributed by atoms with Crippen LogP contribution in [0.25, 0.3) is 0 Å². The van der Waals surface area contributed by atoms with Crippen molar-refractivity contribution in [1.82, 2.24) is 4.90 Å². The summed E-state index contributed by atoms with van der Waals surface area (Å²) < 4.78 is 11.1. The molecule has 0 aromatic heterocycles. The normalized spacial score (nSPS) is 20.1. The Labute approximate surface area is 239 Å². The first-order valence-electron chi connectivity index (χ1n) is 13.4. The number of fused-ring (bicyclic) bond motifs is 1. The zero-order valence-corrected chi connectivity index (χ0v) is 23.5. The molecule has 8 nitrogen and oxygen atoms in total. The van der Waals surface area contributed by atoms with Crippen molar-refractivity contribution in [2.45, 2.75) is 45.4 Å². The predicted molar refractivity (Wildman–Crippen MR) is 154 cm³/mol. The topological polar surface area (TPSA) is 79.4 Å². The largest absolute Gasteiger partial charge is 0.490 e. The minimum atomic E-state index is -0.324. The lowest BCUT2D eigenvalue weighted by Crippen LogP contribution is -2.47. The maximum Gasteiger partial charge on any atom is 0.410 e. The van der Waals surface area contributed by atoms with E-state index in [4.69, 9.17) is 21.1 Å². The summed E-state index contributed by atoms with van der Waals surface area (Å²) in [5.41, 5.74) is 2.97. The molecule has 208 valence electrons. The van der Waals surface area contributed by atoms with Gasteiger partial charge in [0.25, 0.3) is 5.91 Å². The van der Waals surface area contributed by atoms with Crippen molar-refractivity contribution in [1.29, 1.82) is 0 Å². The second-order valence-electron chi connectivity index (χ2n) is 10.1. The molecule has 0 aliphatic carbocycles. The molecule has 0 N–H and O–H groups in total. The van der Waals surface area contributed by atoms with Crippen molar-refractivity contribution in [3.8, 4) is 5.75 Å². The van der Waals surface area contributed by atoms with E-state index in [1.54, 1.807) is 58.0 Å². The van der Waals surface area contributed by atoms with Gasteiger partial charge in [-0.15, -0.1) is 0 Å². The lowest BCUT2D eigenvalue weighted by Gasteiger charge is -2.43. The van der Waals surface area contributed by atoms with E-state index in [2.05, 4.69) is 0 Å². The number of amides is 3. The summed E-state index contributed by atoms with van der Waals surface area (Å²) in [5, 5.41) is 0.600. The van der Waals surface area contributed by atoms with Gasteiger partial charge >= 0.3 is 6.09 Å². The average Bonchev–Trinajstić information content (AvgIpc) is 3.32. The zero-order valence-electron chi connectivity index (χ0n) is 22.7. The summed E-state index contributed by atoms with van der Waals surface area (Å²) >= 11 is 6.10. The summed E-state index contributed by atoms with van der Waals surface area (Å²) in [6.07, 6.45) is -0.0780. The van der Waals surface area contributed by atoms with Gasteiger partial charge in [0.05, 0.1) is 12.6 Å². The van der Waals surface area contributed by atoms with E-state index >= 15 is 0 Å². The molecular formula is C31H32ClN3O5. The molecule has 1 fully saturated rings. The van der Waals surface area contributed by atoms with Crippen LogP contribution in [-0.2, 0) is 9.53 Å². The Hall–Kier alpha value is -4.04. The van der Waals surface area contributed by atoms with E-state index in [9.17, 15) is 14.4 Å². The van der Waals surface area contributed by atoms with Crippen molar-refractivity contribution in [2.24, 2.45) is 0 Å². The third-order valence-electron chi connectivity index (χ3n) is 7.40. The Balaban J connectivity index is 1.35. The molecule has 2 heterocycles. The summed E-state index contributed by atoms with van der Waals surface area (Å²) in [6, 6.07) is 21.5. The Kier molecular flexibility index (Phi) is 7.98. The maximum absolute atomic E-state index is 13.8. The lowest BCUT2D eigenvalue weighted by molar-refractivity contribution is -0.117. The first kappa shape index (κ1) is 27.5. The number of anilines is 2. The van der Waals surface area contributed by atoms with E-state index in [0.717, 1.165) is 16.9 Å². The van der Waals surface area contributed by atoms with E-state index in [1.165, 1.54) is 0 Å². The van der Waals surface area contributed by atoms with Gasteiger partial charge in [0.1, 0.15) is 12.4 Å². The maximum atomic E-state index is 13.8. The molecule has 0 saturated carbocycles. The van der Waals surface area contributed by atoms with Gasteiger partial charge in [-0.05, 0) is 80.4 Å². The van der Waals surface area contributed by atoms with Gasteiger partial charge in [0, 0.05) is 41.5 Å². The van der Waals surface area contributed by atoms with Crippen LogP contribution in [0.15, 0.2) is 72.8 Å².